The number of hydrogen-bond acceptors (Lipinski definition) is 12. The number of rotatable bonds is 21. The van der Waals surface area contributed by atoms with Crippen LogP contribution in [-0.4, -0.2) is 109 Å². The molecule has 2 unspecified atom stereocenters. The van der Waals surface area contributed by atoms with Gasteiger partial charge >= 0.3 is 0 Å². The summed E-state index contributed by atoms with van der Waals surface area (Å²) >= 11 is 7.81. The van der Waals surface area contributed by atoms with Crippen molar-refractivity contribution < 1.29 is 38.5 Å². The van der Waals surface area contributed by atoms with Gasteiger partial charge in [0.15, 0.2) is 0 Å². The molecule has 4 aromatic rings. The van der Waals surface area contributed by atoms with E-state index in [9.17, 15) is 29.5 Å². The number of nitriles is 1. The molecule has 1 aliphatic carbocycles. The molecule has 70 heavy (non-hydrogen) atoms. The van der Waals surface area contributed by atoms with Crippen LogP contribution in [0, 0.1) is 34.5 Å². The lowest BCUT2D eigenvalue weighted by Crippen LogP contribution is -2.74. The minimum Gasteiger partial charge on any atom is -0.494 e. The first-order valence-corrected chi connectivity index (χ1v) is 25.1. The van der Waals surface area contributed by atoms with Gasteiger partial charge in [-0.2, -0.15) is 5.26 Å². The summed E-state index contributed by atoms with van der Waals surface area (Å²) in [5.41, 5.74) is 4.09. The molecule has 5 N–H and O–H groups in total. The highest BCUT2D eigenvalue weighted by atomic mass is 35.5. The Morgan fingerprint density at radius 2 is 1.63 bits per heavy atom. The molecule has 6 rings (SSSR count). The summed E-state index contributed by atoms with van der Waals surface area (Å²) < 4.78 is 18.0. The van der Waals surface area contributed by atoms with Gasteiger partial charge in [0.2, 0.25) is 17.7 Å². The summed E-state index contributed by atoms with van der Waals surface area (Å²) in [6.45, 7) is 16.7. The van der Waals surface area contributed by atoms with Crippen molar-refractivity contribution in [2.75, 3.05) is 40.0 Å². The van der Waals surface area contributed by atoms with Gasteiger partial charge in [-0.25, -0.2) is 4.98 Å². The quantitative estimate of drug-likeness (QED) is 0.0521. The Morgan fingerprint density at radius 3 is 2.24 bits per heavy atom. The molecule has 1 aromatic heterocycles. The van der Waals surface area contributed by atoms with Crippen LogP contribution in [0.15, 0.2) is 72.2 Å². The number of aliphatic hydroxyl groups excluding tert-OH is 1. The molecule has 0 spiro atoms. The number of likely N-dealkylation sites (tertiary alicyclic amines) is 1. The number of carbonyl (C=O) groups excluding carboxylic acids is 4. The van der Waals surface area contributed by atoms with Crippen LogP contribution in [-0.2, 0) is 19.1 Å². The van der Waals surface area contributed by atoms with Crippen molar-refractivity contribution in [2.24, 2.45) is 16.2 Å². The number of nitrogens with zero attached hydrogens (tertiary/aromatic N) is 3. The number of nitrogens with one attached hydrogen (secondary N) is 4. The first kappa shape index (κ1) is 53.8. The molecular formula is C53H68ClN7O8S. The molecule has 4 atom stereocenters. The molecule has 0 bridgehead atoms. The Balaban J connectivity index is 0.903. The number of halogens is 1. The Labute approximate surface area is 421 Å². The standard InChI is InChI=1S/C53H68ClN7O8S/c1-32-44(70-31-57-32)34-15-13-33(14-16-34)41(28-56-9)58-47(65)42-25-37(62)29-61(42)48(66)45(51(2,3)4)59-43(63)30-67-23-11-10-12-24-68-38-20-17-35(18-21-38)46(64)60-49-52(5,6)50(53(49,7)8)69-39-22-19-36(27-55)40(54)26-39/h13-22,26,31,37,41-42,45,49-50,56,62H,10-12,23-25,28-30H2,1-9H3,(H,58,65)(H,59,63)(H,60,64)/t37-,41?,42+,45?,49-,50-/m1/s1. The van der Waals surface area contributed by atoms with Crippen molar-refractivity contribution in [3.8, 4) is 28.0 Å². The SMILES string of the molecule is CNCC(NC(=O)[C@@H]1C[C@@H](O)CN1C(=O)C(NC(=O)COCCCCCOc1ccc(C(=O)N[C@H]2C(C)(C)[C@H](Oc3ccc(C#N)c(Cl)c3)C2(C)C)cc1)C(C)(C)C)c1ccc(-c2scnc2C)cc1. The fraction of sp³-hybridized carbons (Fsp3) is 0.509. The van der Waals surface area contributed by atoms with Crippen LogP contribution < -0.4 is 30.7 Å². The van der Waals surface area contributed by atoms with Gasteiger partial charge in [-0.1, -0.05) is 84.3 Å². The van der Waals surface area contributed by atoms with E-state index >= 15 is 0 Å². The van der Waals surface area contributed by atoms with Crippen LogP contribution in [0.25, 0.3) is 10.4 Å². The van der Waals surface area contributed by atoms with Crippen LogP contribution in [0.4, 0.5) is 0 Å². The molecule has 1 saturated heterocycles. The van der Waals surface area contributed by atoms with Crippen molar-refractivity contribution >= 4 is 46.6 Å². The third-order valence-corrected chi connectivity index (χ3v) is 14.6. The number of aryl methyl sites for hydroxylation is 1. The molecule has 3 aromatic carbocycles. The molecule has 4 amide bonds. The van der Waals surface area contributed by atoms with Gasteiger partial charge < -0.3 is 45.5 Å². The summed E-state index contributed by atoms with van der Waals surface area (Å²) in [5.74, 6) is -0.260. The van der Waals surface area contributed by atoms with Crippen molar-refractivity contribution in [2.45, 2.75) is 117 Å². The third kappa shape index (κ3) is 12.8. The predicted octanol–water partition coefficient (Wildman–Crippen LogP) is 7.39. The Hall–Kier alpha value is -5.57. The molecular weight excluding hydrogens is 930 g/mol. The minimum atomic E-state index is -0.974. The lowest BCUT2D eigenvalue weighted by molar-refractivity contribution is -0.164. The average Bonchev–Trinajstić information content (AvgIpc) is 3.94. The normalized spacial score (nSPS) is 20.1. The number of ether oxygens (including phenoxy) is 3. The van der Waals surface area contributed by atoms with E-state index in [0.29, 0.717) is 53.8 Å². The van der Waals surface area contributed by atoms with Crippen molar-refractivity contribution in [1.82, 2.24) is 31.2 Å². The third-order valence-electron chi connectivity index (χ3n) is 13.3. The van der Waals surface area contributed by atoms with Gasteiger partial charge in [-0.3, -0.25) is 19.2 Å². The largest absolute Gasteiger partial charge is 0.494 e. The number of carbonyl (C=O) groups is 4. The lowest BCUT2D eigenvalue weighted by Gasteiger charge is -2.63. The highest BCUT2D eigenvalue weighted by molar-refractivity contribution is 7.13. The molecule has 2 heterocycles. The topological polar surface area (TPSA) is 204 Å². The molecule has 2 aliphatic rings. The number of unbranched alkanes of at least 4 members (excludes halogenated alkanes) is 2. The van der Waals surface area contributed by atoms with Gasteiger partial charge in [0.05, 0.1) is 45.4 Å². The fourth-order valence-electron chi connectivity index (χ4n) is 9.84. The van der Waals surface area contributed by atoms with Gasteiger partial charge in [0, 0.05) is 54.6 Å². The van der Waals surface area contributed by atoms with Crippen molar-refractivity contribution in [1.29, 1.82) is 5.26 Å². The average molecular weight is 999 g/mol. The number of likely N-dealkylation sites (N-methyl/N-ethyl adjacent to an activating group) is 1. The second-order valence-corrected chi connectivity index (χ2v) is 21.8. The maximum Gasteiger partial charge on any atom is 0.251 e. The van der Waals surface area contributed by atoms with Crippen LogP contribution in [0.5, 0.6) is 11.5 Å². The van der Waals surface area contributed by atoms with E-state index in [-0.39, 0.29) is 43.5 Å². The van der Waals surface area contributed by atoms with Crippen LogP contribution in [0.3, 0.4) is 0 Å². The summed E-state index contributed by atoms with van der Waals surface area (Å²) in [4.78, 5) is 61.4. The monoisotopic (exact) mass is 997 g/mol. The fourth-order valence-corrected chi connectivity index (χ4v) is 10.9. The number of amides is 4. The number of aliphatic hydroxyl groups is 1. The van der Waals surface area contributed by atoms with Gasteiger partial charge in [0.25, 0.3) is 5.91 Å². The lowest BCUT2D eigenvalue weighted by atomic mass is 9.49. The summed E-state index contributed by atoms with van der Waals surface area (Å²) in [5, 5.41) is 32.6. The molecule has 1 aliphatic heterocycles. The number of hydrogen-bond donors (Lipinski definition) is 5. The second-order valence-electron chi connectivity index (χ2n) is 20.6. The minimum absolute atomic E-state index is 0.0302. The van der Waals surface area contributed by atoms with E-state index in [0.717, 1.165) is 34.5 Å². The number of benzene rings is 3. The zero-order valence-electron chi connectivity index (χ0n) is 41.7. The van der Waals surface area contributed by atoms with Gasteiger partial charge in [0.1, 0.15) is 42.4 Å². The maximum atomic E-state index is 14.2. The molecule has 0 radical (unpaired) electrons. The molecule has 15 nitrogen and oxygen atoms in total. The highest BCUT2D eigenvalue weighted by Gasteiger charge is 2.64. The van der Waals surface area contributed by atoms with Crippen LogP contribution in [0.1, 0.15) is 107 Å². The van der Waals surface area contributed by atoms with Crippen LogP contribution in [0.2, 0.25) is 5.02 Å². The first-order chi connectivity index (χ1) is 33.1. The molecule has 376 valence electrons. The summed E-state index contributed by atoms with van der Waals surface area (Å²) in [7, 11) is 1.80. The second kappa shape index (κ2) is 23.1. The van der Waals surface area contributed by atoms with Gasteiger partial charge in [-0.15, -0.1) is 11.3 Å². The highest BCUT2D eigenvalue weighted by Crippen LogP contribution is 2.55. The number of β-amino-alcohol motifs (C(OH)–C–C–N with tert-alkyl or cyclic N) is 1. The van der Waals surface area contributed by atoms with Gasteiger partial charge in [-0.05, 0) is 86.2 Å². The molecule has 17 heteroatoms. The van der Waals surface area contributed by atoms with E-state index in [4.69, 9.17) is 25.8 Å². The van der Waals surface area contributed by atoms with E-state index in [1.54, 1.807) is 60.8 Å². The zero-order chi connectivity index (χ0) is 51.0. The summed E-state index contributed by atoms with van der Waals surface area (Å²) in [6.07, 6.45) is 1.18. The van der Waals surface area contributed by atoms with Crippen molar-refractivity contribution in [3.05, 3.63) is 99.6 Å². The molecule has 1 saturated carbocycles. The number of aromatic nitrogens is 1. The first-order valence-electron chi connectivity index (χ1n) is 23.9. The maximum absolute atomic E-state index is 14.2. The van der Waals surface area contributed by atoms with E-state index in [1.807, 2.05) is 57.5 Å². The van der Waals surface area contributed by atoms with E-state index < -0.39 is 52.3 Å². The smallest absolute Gasteiger partial charge is 0.251 e. The van der Waals surface area contributed by atoms with Crippen LogP contribution >= 0.6 is 22.9 Å². The van der Waals surface area contributed by atoms with E-state index in [1.165, 1.54) is 4.90 Å². The Morgan fingerprint density at radius 1 is 0.957 bits per heavy atom. The molecule has 2 fully saturated rings. The Kier molecular flexibility index (Phi) is 17.8. The Bertz CT molecular complexity index is 2490. The zero-order valence-corrected chi connectivity index (χ0v) is 43.3. The number of thiazole rings is 1. The summed E-state index contributed by atoms with van der Waals surface area (Å²) in [6, 6.07) is 19.6. The van der Waals surface area contributed by atoms with E-state index in [2.05, 4.69) is 60.0 Å². The predicted molar refractivity (Wildman–Crippen MR) is 271 cm³/mol. The van der Waals surface area contributed by atoms with Crippen molar-refractivity contribution in [3.63, 3.8) is 0 Å².